The molecule has 0 bridgehead atoms. The van der Waals surface area contributed by atoms with Crippen molar-refractivity contribution in [2.75, 3.05) is 23.3 Å². The van der Waals surface area contributed by atoms with Crippen molar-refractivity contribution < 1.29 is 27.1 Å². The molecule has 0 aliphatic carbocycles. The molecule has 0 fully saturated rings. The van der Waals surface area contributed by atoms with Crippen molar-refractivity contribution in [3.05, 3.63) is 77.1 Å². The lowest BCUT2D eigenvalue weighted by Gasteiger charge is -2.14. The van der Waals surface area contributed by atoms with E-state index in [1.54, 1.807) is 18.2 Å². The van der Waals surface area contributed by atoms with Gasteiger partial charge in [0.05, 0.1) is 28.8 Å². The second-order valence-electron chi connectivity index (χ2n) is 6.74. The van der Waals surface area contributed by atoms with Gasteiger partial charge in [-0.05, 0) is 68.4 Å². The zero-order valence-corrected chi connectivity index (χ0v) is 19.5. The van der Waals surface area contributed by atoms with Crippen molar-refractivity contribution in [1.29, 1.82) is 0 Å². The molecule has 0 aliphatic rings. The third-order valence-electron chi connectivity index (χ3n) is 4.40. The van der Waals surface area contributed by atoms with E-state index in [-0.39, 0.29) is 21.2 Å². The van der Waals surface area contributed by atoms with E-state index in [1.807, 2.05) is 13.8 Å². The molecule has 0 spiro atoms. The summed E-state index contributed by atoms with van der Waals surface area (Å²) in [5, 5.41) is 2.83. The maximum absolute atomic E-state index is 13.1. The second kappa shape index (κ2) is 10.5. The summed E-state index contributed by atoms with van der Waals surface area (Å²) in [4.78, 5) is 12.6. The Kier molecular flexibility index (Phi) is 7.78. The number of carbonyl (C=O) groups is 1. The van der Waals surface area contributed by atoms with E-state index < -0.39 is 21.7 Å². The van der Waals surface area contributed by atoms with Crippen molar-refractivity contribution in [1.82, 2.24) is 0 Å². The van der Waals surface area contributed by atoms with E-state index in [4.69, 9.17) is 21.1 Å². The summed E-state index contributed by atoms with van der Waals surface area (Å²) in [5.41, 5.74) is 0.647. The highest BCUT2D eigenvalue weighted by molar-refractivity contribution is 7.92. The first-order valence-electron chi connectivity index (χ1n) is 10.0. The van der Waals surface area contributed by atoms with Crippen LogP contribution >= 0.6 is 11.6 Å². The van der Waals surface area contributed by atoms with E-state index in [9.17, 15) is 17.6 Å². The summed E-state index contributed by atoms with van der Waals surface area (Å²) in [6.07, 6.45) is 0. The van der Waals surface area contributed by atoms with Crippen LogP contribution in [0.5, 0.6) is 11.5 Å². The Hall–Kier alpha value is -3.30. The van der Waals surface area contributed by atoms with Gasteiger partial charge < -0.3 is 14.8 Å². The number of amides is 1. The fourth-order valence-corrected chi connectivity index (χ4v) is 4.19. The minimum atomic E-state index is -4.04. The zero-order valence-electron chi connectivity index (χ0n) is 17.9. The van der Waals surface area contributed by atoms with Gasteiger partial charge in [-0.3, -0.25) is 9.52 Å². The molecular formula is C23H22ClFN2O5S. The Morgan fingerprint density at radius 1 is 0.939 bits per heavy atom. The lowest BCUT2D eigenvalue weighted by molar-refractivity contribution is 0.102. The van der Waals surface area contributed by atoms with Crippen LogP contribution < -0.4 is 19.5 Å². The molecule has 33 heavy (non-hydrogen) atoms. The number of ether oxygens (including phenoxy) is 2. The van der Waals surface area contributed by atoms with Gasteiger partial charge in [-0.1, -0.05) is 11.6 Å². The molecule has 0 saturated heterocycles. The summed E-state index contributed by atoms with van der Waals surface area (Å²) >= 11 is 6.13. The highest BCUT2D eigenvalue weighted by Crippen LogP contribution is 2.31. The first kappa shape index (κ1) is 24.3. The Labute approximate surface area is 196 Å². The van der Waals surface area contributed by atoms with Crippen LogP contribution in [-0.4, -0.2) is 27.5 Å². The first-order chi connectivity index (χ1) is 15.7. The van der Waals surface area contributed by atoms with Gasteiger partial charge in [-0.25, -0.2) is 12.8 Å². The third-order valence-corrected chi connectivity index (χ3v) is 6.11. The lowest BCUT2D eigenvalue weighted by Crippen LogP contribution is -2.15. The standard InChI is InChI=1S/C23H22ClFN2O5S/c1-3-31-21-12-8-17(14-22(21)32-4-2)26-23(28)15-5-11-19(24)20(13-15)27-33(29,30)18-9-6-16(25)7-10-18/h5-14,27H,3-4H2,1-2H3,(H,26,28). The minimum Gasteiger partial charge on any atom is -0.490 e. The highest BCUT2D eigenvalue weighted by atomic mass is 35.5. The number of carbonyl (C=O) groups excluding carboxylic acids is 1. The number of anilines is 2. The molecule has 3 aromatic carbocycles. The first-order valence-corrected chi connectivity index (χ1v) is 11.9. The lowest BCUT2D eigenvalue weighted by atomic mass is 10.2. The highest BCUT2D eigenvalue weighted by Gasteiger charge is 2.18. The van der Waals surface area contributed by atoms with Crippen LogP contribution in [0.4, 0.5) is 15.8 Å². The summed E-state index contributed by atoms with van der Waals surface area (Å²) < 4.78 is 51.7. The molecule has 3 aromatic rings. The Bertz CT molecular complexity index is 1250. The second-order valence-corrected chi connectivity index (χ2v) is 8.83. The van der Waals surface area contributed by atoms with E-state index in [0.717, 1.165) is 24.3 Å². The maximum Gasteiger partial charge on any atom is 0.261 e. The summed E-state index contributed by atoms with van der Waals surface area (Å²) in [6, 6.07) is 13.5. The van der Waals surface area contributed by atoms with Crippen LogP contribution in [0, 0.1) is 5.82 Å². The normalized spacial score (nSPS) is 11.0. The Balaban J connectivity index is 1.82. The largest absolute Gasteiger partial charge is 0.490 e. The number of halogens is 2. The molecule has 0 unspecified atom stereocenters. The molecule has 0 aliphatic heterocycles. The molecule has 0 radical (unpaired) electrons. The molecule has 0 atom stereocenters. The van der Waals surface area contributed by atoms with Gasteiger partial charge in [0.2, 0.25) is 0 Å². The van der Waals surface area contributed by atoms with Crippen LogP contribution in [0.2, 0.25) is 5.02 Å². The Morgan fingerprint density at radius 3 is 2.27 bits per heavy atom. The SMILES string of the molecule is CCOc1ccc(NC(=O)c2ccc(Cl)c(NS(=O)(=O)c3ccc(F)cc3)c2)cc1OCC. The average Bonchev–Trinajstić information content (AvgIpc) is 2.77. The molecule has 0 heterocycles. The van der Waals surface area contributed by atoms with Gasteiger partial charge in [-0.15, -0.1) is 0 Å². The van der Waals surface area contributed by atoms with E-state index in [0.29, 0.717) is 30.4 Å². The number of rotatable bonds is 9. The predicted molar refractivity (Wildman–Crippen MR) is 125 cm³/mol. The van der Waals surface area contributed by atoms with Gasteiger partial charge in [0, 0.05) is 17.3 Å². The number of sulfonamides is 1. The number of hydrogen-bond acceptors (Lipinski definition) is 5. The smallest absolute Gasteiger partial charge is 0.261 e. The fraction of sp³-hybridized carbons (Fsp3) is 0.174. The number of benzene rings is 3. The van der Waals surface area contributed by atoms with Crippen molar-refractivity contribution in [2.24, 2.45) is 0 Å². The van der Waals surface area contributed by atoms with Gasteiger partial charge in [0.1, 0.15) is 5.82 Å². The van der Waals surface area contributed by atoms with Gasteiger partial charge >= 0.3 is 0 Å². The molecule has 1 amide bonds. The van der Waals surface area contributed by atoms with Crippen LogP contribution in [0.25, 0.3) is 0 Å². The predicted octanol–water partition coefficient (Wildman–Crippen LogP) is 5.33. The van der Waals surface area contributed by atoms with Crippen LogP contribution in [-0.2, 0) is 10.0 Å². The molecule has 7 nitrogen and oxygen atoms in total. The topological polar surface area (TPSA) is 93.7 Å². The maximum atomic E-state index is 13.1. The molecule has 0 aromatic heterocycles. The molecule has 174 valence electrons. The van der Waals surface area contributed by atoms with Crippen LogP contribution in [0.1, 0.15) is 24.2 Å². The van der Waals surface area contributed by atoms with Gasteiger partial charge in [0.15, 0.2) is 11.5 Å². The molecule has 3 rings (SSSR count). The van der Waals surface area contributed by atoms with Gasteiger partial charge in [0.25, 0.3) is 15.9 Å². The Morgan fingerprint density at radius 2 is 1.61 bits per heavy atom. The van der Waals surface area contributed by atoms with Crippen molar-refractivity contribution in [3.8, 4) is 11.5 Å². The number of hydrogen-bond donors (Lipinski definition) is 2. The van der Waals surface area contributed by atoms with E-state index in [2.05, 4.69) is 10.0 Å². The van der Waals surface area contributed by atoms with E-state index >= 15 is 0 Å². The summed E-state index contributed by atoms with van der Waals surface area (Å²) in [6.45, 7) is 4.58. The summed E-state index contributed by atoms with van der Waals surface area (Å²) in [7, 11) is -4.04. The fourth-order valence-electron chi connectivity index (χ4n) is 2.89. The summed E-state index contributed by atoms with van der Waals surface area (Å²) in [5.74, 6) is -0.00438. The van der Waals surface area contributed by atoms with Crippen molar-refractivity contribution in [3.63, 3.8) is 0 Å². The minimum absolute atomic E-state index is 0.00957. The van der Waals surface area contributed by atoms with Crippen LogP contribution in [0.15, 0.2) is 65.6 Å². The van der Waals surface area contributed by atoms with E-state index in [1.165, 1.54) is 18.2 Å². The molecular weight excluding hydrogens is 471 g/mol. The van der Waals surface area contributed by atoms with Crippen molar-refractivity contribution >= 4 is 38.9 Å². The van der Waals surface area contributed by atoms with Gasteiger partial charge in [-0.2, -0.15) is 0 Å². The third kappa shape index (κ3) is 6.15. The number of nitrogens with one attached hydrogen (secondary N) is 2. The quantitative estimate of drug-likeness (QED) is 0.421. The monoisotopic (exact) mass is 492 g/mol. The zero-order chi connectivity index (χ0) is 24.0. The molecule has 0 saturated carbocycles. The average molecular weight is 493 g/mol. The van der Waals surface area contributed by atoms with Crippen LogP contribution in [0.3, 0.4) is 0 Å². The molecule has 2 N–H and O–H groups in total. The molecule has 10 heteroatoms. The van der Waals surface area contributed by atoms with Crippen molar-refractivity contribution in [2.45, 2.75) is 18.7 Å².